The molecule has 2 rings (SSSR count). The van der Waals surface area contributed by atoms with Crippen LogP contribution < -0.4 is 5.32 Å². The molecule has 1 aromatic rings. The number of carbonyl (C=O) groups excluding carboxylic acids is 2. The van der Waals surface area contributed by atoms with E-state index in [9.17, 15) is 18.0 Å². The number of methoxy groups -OCH3 is 1. The molecule has 1 N–H and O–H groups in total. The molecule has 1 aromatic carbocycles. The highest BCUT2D eigenvalue weighted by Crippen LogP contribution is 2.24. The van der Waals surface area contributed by atoms with E-state index in [0.29, 0.717) is 0 Å². The Bertz CT molecular complexity index is 681. The molecule has 25 heavy (non-hydrogen) atoms. The van der Waals surface area contributed by atoms with Crippen molar-refractivity contribution in [1.82, 2.24) is 5.32 Å². The minimum absolute atomic E-state index is 0.0115. The fourth-order valence-electron chi connectivity index (χ4n) is 3.06. The second-order valence-corrected chi connectivity index (χ2v) is 8.45. The first-order valence-corrected chi connectivity index (χ1v) is 10.3. The molecule has 0 unspecified atom stereocenters. The second-order valence-electron chi connectivity index (χ2n) is 6.34. The highest BCUT2D eigenvalue weighted by Gasteiger charge is 2.28. The van der Waals surface area contributed by atoms with Gasteiger partial charge in [0.25, 0.3) is 0 Å². The molecule has 1 fully saturated rings. The molecule has 0 heterocycles. The lowest BCUT2D eigenvalue weighted by Gasteiger charge is -2.23. The van der Waals surface area contributed by atoms with Crippen LogP contribution >= 0.6 is 0 Å². The number of rotatable bonds is 7. The minimum Gasteiger partial charge on any atom is -0.467 e. The summed E-state index contributed by atoms with van der Waals surface area (Å²) in [6.07, 6.45) is 4.73. The van der Waals surface area contributed by atoms with Gasteiger partial charge in [0.1, 0.15) is 6.04 Å². The number of benzene rings is 1. The average molecular weight is 367 g/mol. The van der Waals surface area contributed by atoms with Crippen molar-refractivity contribution in [2.24, 2.45) is 5.92 Å². The maximum absolute atomic E-state index is 12.4. The number of nitrogens with one attached hydrogen (secondary N) is 1. The Morgan fingerprint density at radius 3 is 2.40 bits per heavy atom. The van der Waals surface area contributed by atoms with Gasteiger partial charge in [-0.25, -0.2) is 13.2 Å². The van der Waals surface area contributed by atoms with Crippen LogP contribution in [0.4, 0.5) is 0 Å². The van der Waals surface area contributed by atoms with Gasteiger partial charge in [-0.2, -0.15) is 0 Å². The number of amides is 1. The second kappa shape index (κ2) is 8.99. The zero-order valence-electron chi connectivity index (χ0n) is 14.4. The van der Waals surface area contributed by atoms with Gasteiger partial charge in [0.15, 0.2) is 9.84 Å². The van der Waals surface area contributed by atoms with E-state index in [0.717, 1.165) is 32.1 Å². The summed E-state index contributed by atoms with van der Waals surface area (Å²) >= 11 is 0. The molecule has 0 aliphatic heterocycles. The quantitative estimate of drug-likeness (QED) is 0.745. The molecule has 6 nitrogen and oxygen atoms in total. The smallest absolute Gasteiger partial charge is 0.328 e. The van der Waals surface area contributed by atoms with Crippen molar-refractivity contribution in [1.29, 1.82) is 0 Å². The van der Waals surface area contributed by atoms with Gasteiger partial charge in [-0.3, -0.25) is 4.79 Å². The summed E-state index contributed by atoms with van der Waals surface area (Å²) in [5.41, 5.74) is 0. The van der Waals surface area contributed by atoms with Crippen LogP contribution in [0.1, 0.15) is 38.5 Å². The van der Waals surface area contributed by atoms with Gasteiger partial charge in [-0.15, -0.1) is 0 Å². The minimum atomic E-state index is -3.52. The standard InChI is InChI=1S/C18H25NO5S/c1-24-18(21)16(19-17(20)14-8-4-2-5-9-14)12-13-25(22,23)15-10-6-3-7-11-15/h3,6-7,10-11,14,16H,2,4-5,8-9,12-13H2,1H3,(H,19,20)/t16-/m0/s1. The van der Waals surface area contributed by atoms with Crippen molar-refractivity contribution in [3.63, 3.8) is 0 Å². The van der Waals surface area contributed by atoms with E-state index in [4.69, 9.17) is 4.74 Å². The van der Waals surface area contributed by atoms with Crippen LogP contribution in [0.2, 0.25) is 0 Å². The average Bonchev–Trinajstić information content (AvgIpc) is 2.65. The molecule has 1 amide bonds. The van der Waals surface area contributed by atoms with Gasteiger partial charge in [0.2, 0.25) is 5.91 Å². The number of esters is 1. The lowest BCUT2D eigenvalue weighted by Crippen LogP contribution is -2.45. The van der Waals surface area contributed by atoms with Crippen LogP contribution in [0.5, 0.6) is 0 Å². The van der Waals surface area contributed by atoms with Crippen molar-refractivity contribution in [2.75, 3.05) is 12.9 Å². The molecule has 0 spiro atoms. The molecule has 1 aliphatic rings. The first kappa shape index (κ1) is 19.4. The summed E-state index contributed by atoms with van der Waals surface area (Å²) in [5, 5.41) is 2.68. The van der Waals surface area contributed by atoms with E-state index in [1.54, 1.807) is 18.2 Å². The van der Waals surface area contributed by atoms with Gasteiger partial charge in [-0.05, 0) is 31.4 Å². The fraction of sp³-hybridized carbons (Fsp3) is 0.556. The third-order valence-electron chi connectivity index (χ3n) is 4.56. The first-order valence-electron chi connectivity index (χ1n) is 8.60. The number of hydrogen-bond donors (Lipinski definition) is 1. The Morgan fingerprint density at radius 1 is 1.16 bits per heavy atom. The third-order valence-corrected chi connectivity index (χ3v) is 6.32. The molecule has 7 heteroatoms. The Morgan fingerprint density at radius 2 is 1.80 bits per heavy atom. The van der Waals surface area contributed by atoms with Gasteiger partial charge in [0, 0.05) is 5.92 Å². The number of carbonyl (C=O) groups is 2. The van der Waals surface area contributed by atoms with E-state index in [1.807, 2.05) is 0 Å². The van der Waals surface area contributed by atoms with Gasteiger partial charge in [0.05, 0.1) is 17.8 Å². The van der Waals surface area contributed by atoms with Crippen molar-refractivity contribution in [2.45, 2.75) is 49.5 Å². The first-order chi connectivity index (χ1) is 11.9. The normalized spacial score (nSPS) is 16.8. The maximum Gasteiger partial charge on any atom is 0.328 e. The van der Waals surface area contributed by atoms with Crippen molar-refractivity contribution in [3.8, 4) is 0 Å². The van der Waals surface area contributed by atoms with Crippen molar-refractivity contribution >= 4 is 21.7 Å². The lowest BCUT2D eigenvalue weighted by molar-refractivity contribution is -0.145. The summed E-state index contributed by atoms with van der Waals surface area (Å²) in [7, 11) is -2.29. The summed E-state index contributed by atoms with van der Waals surface area (Å²) in [4.78, 5) is 24.5. The molecule has 0 radical (unpaired) electrons. The lowest BCUT2D eigenvalue weighted by atomic mass is 9.88. The van der Waals surface area contributed by atoms with E-state index in [2.05, 4.69) is 5.32 Å². The maximum atomic E-state index is 12.4. The van der Waals surface area contributed by atoms with Crippen LogP contribution in [-0.2, 0) is 24.2 Å². The molecule has 1 atom stereocenters. The van der Waals surface area contributed by atoms with Crippen molar-refractivity contribution < 1.29 is 22.7 Å². The molecule has 0 saturated heterocycles. The van der Waals surface area contributed by atoms with Crippen LogP contribution in [0.25, 0.3) is 0 Å². The number of sulfone groups is 1. The predicted octanol–water partition coefficient (Wildman–Crippen LogP) is 2.09. The Kier molecular flexibility index (Phi) is 6.99. The Labute approximate surface area is 148 Å². The van der Waals surface area contributed by atoms with Crippen LogP contribution in [0.3, 0.4) is 0 Å². The topological polar surface area (TPSA) is 89.5 Å². The Hall–Kier alpha value is -1.89. The summed E-state index contributed by atoms with van der Waals surface area (Å²) in [5.74, 6) is -1.15. The SMILES string of the molecule is COC(=O)[C@H](CCS(=O)(=O)c1ccccc1)NC(=O)C1CCCCC1. The van der Waals surface area contributed by atoms with Crippen molar-refractivity contribution in [3.05, 3.63) is 30.3 Å². The molecule has 1 saturated carbocycles. The molecular formula is C18H25NO5S. The summed E-state index contributed by atoms with van der Waals surface area (Å²) in [6, 6.07) is 7.12. The predicted molar refractivity (Wildman–Crippen MR) is 93.6 cm³/mol. The molecule has 1 aliphatic carbocycles. The van der Waals surface area contributed by atoms with E-state index < -0.39 is 21.8 Å². The fourth-order valence-corrected chi connectivity index (χ4v) is 4.42. The van der Waals surface area contributed by atoms with E-state index in [-0.39, 0.29) is 28.9 Å². The Balaban J connectivity index is 2.00. The van der Waals surface area contributed by atoms with Crippen LogP contribution in [0, 0.1) is 5.92 Å². The van der Waals surface area contributed by atoms with Gasteiger partial charge >= 0.3 is 5.97 Å². The largest absolute Gasteiger partial charge is 0.467 e. The van der Waals surface area contributed by atoms with E-state index in [1.165, 1.54) is 19.2 Å². The van der Waals surface area contributed by atoms with E-state index >= 15 is 0 Å². The monoisotopic (exact) mass is 367 g/mol. The van der Waals surface area contributed by atoms with Crippen LogP contribution in [0.15, 0.2) is 35.2 Å². The number of hydrogen-bond acceptors (Lipinski definition) is 5. The highest BCUT2D eigenvalue weighted by atomic mass is 32.2. The molecular weight excluding hydrogens is 342 g/mol. The molecule has 0 aromatic heterocycles. The van der Waals surface area contributed by atoms with Gasteiger partial charge in [-0.1, -0.05) is 37.5 Å². The zero-order chi connectivity index (χ0) is 18.3. The zero-order valence-corrected chi connectivity index (χ0v) is 15.3. The number of ether oxygens (including phenoxy) is 1. The molecule has 0 bridgehead atoms. The third kappa shape index (κ3) is 5.56. The summed E-state index contributed by atoms with van der Waals surface area (Å²) < 4.78 is 29.5. The van der Waals surface area contributed by atoms with Crippen LogP contribution in [-0.4, -0.2) is 39.2 Å². The summed E-state index contributed by atoms with van der Waals surface area (Å²) in [6.45, 7) is 0. The molecule has 138 valence electrons. The van der Waals surface area contributed by atoms with Gasteiger partial charge < -0.3 is 10.1 Å². The highest BCUT2D eigenvalue weighted by molar-refractivity contribution is 7.91.